The van der Waals surface area contributed by atoms with Gasteiger partial charge in [-0.25, -0.2) is 0 Å². The van der Waals surface area contributed by atoms with Crippen LogP contribution in [0.4, 0.5) is 5.69 Å². The summed E-state index contributed by atoms with van der Waals surface area (Å²) in [6.07, 6.45) is 8.53. The molecule has 2 N–H and O–H groups in total. The van der Waals surface area contributed by atoms with E-state index in [2.05, 4.69) is 28.9 Å². The van der Waals surface area contributed by atoms with Crippen LogP contribution in [0.3, 0.4) is 0 Å². The molecule has 1 aliphatic heterocycles. The number of anilines is 1. The Hall–Kier alpha value is -1.09. The first-order chi connectivity index (χ1) is 8.72. The van der Waals surface area contributed by atoms with Crippen molar-refractivity contribution >= 4 is 5.69 Å². The van der Waals surface area contributed by atoms with Crippen LogP contribution in [0.25, 0.3) is 0 Å². The molecule has 3 heteroatoms. The van der Waals surface area contributed by atoms with Crippen molar-refractivity contribution in [1.82, 2.24) is 4.98 Å². The van der Waals surface area contributed by atoms with Crippen LogP contribution in [0.15, 0.2) is 18.3 Å². The summed E-state index contributed by atoms with van der Waals surface area (Å²) in [6, 6.07) is 4.97. The second kappa shape index (κ2) is 6.19. The van der Waals surface area contributed by atoms with E-state index >= 15 is 0 Å². The maximum atomic E-state index is 5.84. The van der Waals surface area contributed by atoms with E-state index in [-0.39, 0.29) is 6.04 Å². The summed E-state index contributed by atoms with van der Waals surface area (Å²) in [5.41, 5.74) is 8.08. The van der Waals surface area contributed by atoms with Crippen molar-refractivity contribution in [2.45, 2.75) is 58.0 Å². The van der Waals surface area contributed by atoms with Crippen LogP contribution in [0.2, 0.25) is 0 Å². The zero-order valence-electron chi connectivity index (χ0n) is 11.6. The molecule has 0 bridgehead atoms. The van der Waals surface area contributed by atoms with Gasteiger partial charge in [-0.2, -0.15) is 0 Å². The fourth-order valence-electron chi connectivity index (χ4n) is 2.81. The van der Waals surface area contributed by atoms with Crippen LogP contribution in [0.5, 0.6) is 0 Å². The normalized spacial score (nSPS) is 21.9. The zero-order chi connectivity index (χ0) is 13.0. The highest BCUT2D eigenvalue weighted by molar-refractivity contribution is 5.46. The zero-order valence-corrected chi connectivity index (χ0v) is 11.6. The average molecular weight is 247 g/mol. The van der Waals surface area contributed by atoms with Crippen molar-refractivity contribution in [2.24, 2.45) is 5.73 Å². The van der Waals surface area contributed by atoms with E-state index in [9.17, 15) is 0 Å². The van der Waals surface area contributed by atoms with Gasteiger partial charge in [-0.05, 0) is 44.7 Å². The Morgan fingerprint density at radius 1 is 1.44 bits per heavy atom. The maximum absolute atomic E-state index is 5.84. The van der Waals surface area contributed by atoms with Gasteiger partial charge in [-0.3, -0.25) is 4.98 Å². The lowest BCUT2D eigenvalue weighted by Crippen LogP contribution is -2.39. The maximum Gasteiger partial charge on any atom is 0.0569 e. The lowest BCUT2D eigenvalue weighted by atomic mass is 9.97. The Morgan fingerprint density at radius 3 is 2.89 bits per heavy atom. The summed E-state index contributed by atoms with van der Waals surface area (Å²) in [4.78, 5) is 7.01. The monoisotopic (exact) mass is 247 g/mol. The van der Waals surface area contributed by atoms with Gasteiger partial charge < -0.3 is 10.6 Å². The molecule has 1 aromatic heterocycles. The van der Waals surface area contributed by atoms with Crippen LogP contribution in [-0.2, 0) is 0 Å². The molecule has 0 amide bonds. The summed E-state index contributed by atoms with van der Waals surface area (Å²) in [5.74, 6) is 0. The highest BCUT2D eigenvalue weighted by Gasteiger charge is 2.22. The number of nitrogens with two attached hydrogens (primary N) is 1. The minimum Gasteiger partial charge on any atom is -0.367 e. The van der Waals surface area contributed by atoms with Crippen LogP contribution in [0, 0.1) is 0 Å². The van der Waals surface area contributed by atoms with Gasteiger partial charge in [-0.15, -0.1) is 0 Å². The van der Waals surface area contributed by atoms with Crippen molar-refractivity contribution in [1.29, 1.82) is 0 Å². The first kappa shape index (κ1) is 13.3. The third-order valence-corrected chi connectivity index (χ3v) is 3.82. The number of nitrogens with zero attached hydrogens (tertiary/aromatic N) is 2. The average Bonchev–Trinajstić information content (AvgIpc) is 2.40. The molecule has 1 aliphatic rings. The van der Waals surface area contributed by atoms with E-state index in [1.54, 1.807) is 0 Å². The molecule has 3 nitrogen and oxygen atoms in total. The highest BCUT2D eigenvalue weighted by atomic mass is 15.2. The van der Waals surface area contributed by atoms with Crippen molar-refractivity contribution < 1.29 is 0 Å². The molecule has 1 aromatic rings. The Kier molecular flexibility index (Phi) is 4.59. The number of pyridine rings is 1. The second-order valence-corrected chi connectivity index (χ2v) is 5.36. The van der Waals surface area contributed by atoms with E-state index < -0.39 is 0 Å². The molecule has 18 heavy (non-hydrogen) atoms. The molecule has 0 saturated carbocycles. The van der Waals surface area contributed by atoms with Gasteiger partial charge >= 0.3 is 0 Å². The number of hydrogen-bond acceptors (Lipinski definition) is 3. The molecule has 0 spiro atoms. The highest BCUT2D eigenvalue weighted by Crippen LogP contribution is 2.27. The number of rotatable bonds is 4. The quantitative estimate of drug-likeness (QED) is 0.888. The minimum absolute atomic E-state index is 0.0202. The SMILES string of the molecule is CCCC1CCCCN1c1ccc(C(C)N)nc1. The van der Waals surface area contributed by atoms with Gasteiger partial charge in [0, 0.05) is 18.6 Å². The molecule has 100 valence electrons. The van der Waals surface area contributed by atoms with E-state index in [0.29, 0.717) is 6.04 Å². The molecule has 1 fully saturated rings. The van der Waals surface area contributed by atoms with Gasteiger partial charge in [0.2, 0.25) is 0 Å². The van der Waals surface area contributed by atoms with Crippen LogP contribution in [0.1, 0.15) is 57.7 Å². The topological polar surface area (TPSA) is 42.1 Å². The summed E-state index contributed by atoms with van der Waals surface area (Å²) in [5, 5.41) is 0. The Morgan fingerprint density at radius 2 is 2.28 bits per heavy atom. The van der Waals surface area contributed by atoms with Gasteiger partial charge in [-0.1, -0.05) is 13.3 Å². The number of aromatic nitrogens is 1. The van der Waals surface area contributed by atoms with Gasteiger partial charge in [0.25, 0.3) is 0 Å². The number of hydrogen-bond donors (Lipinski definition) is 1. The molecule has 1 saturated heterocycles. The summed E-state index contributed by atoms with van der Waals surface area (Å²) >= 11 is 0. The van der Waals surface area contributed by atoms with Crippen molar-refractivity contribution in [3.8, 4) is 0 Å². The molecule has 2 rings (SSSR count). The molecule has 2 atom stereocenters. The fourth-order valence-corrected chi connectivity index (χ4v) is 2.81. The van der Waals surface area contributed by atoms with Crippen LogP contribution in [-0.4, -0.2) is 17.6 Å². The van der Waals surface area contributed by atoms with Gasteiger partial charge in [0.05, 0.1) is 17.6 Å². The lowest BCUT2D eigenvalue weighted by molar-refractivity contribution is 0.434. The Balaban J connectivity index is 2.12. The van der Waals surface area contributed by atoms with Gasteiger partial charge in [0.1, 0.15) is 0 Å². The predicted molar refractivity (Wildman–Crippen MR) is 76.7 cm³/mol. The van der Waals surface area contributed by atoms with Crippen molar-refractivity contribution in [3.63, 3.8) is 0 Å². The molecule has 0 aromatic carbocycles. The third-order valence-electron chi connectivity index (χ3n) is 3.82. The predicted octanol–water partition coefficient (Wildman–Crippen LogP) is 3.26. The Labute approximate surface area is 110 Å². The summed E-state index contributed by atoms with van der Waals surface area (Å²) in [6.45, 7) is 5.41. The first-order valence-corrected chi connectivity index (χ1v) is 7.20. The minimum atomic E-state index is 0.0202. The summed E-state index contributed by atoms with van der Waals surface area (Å²) < 4.78 is 0. The van der Waals surface area contributed by atoms with E-state index in [1.165, 1.54) is 44.3 Å². The van der Waals surface area contributed by atoms with Crippen molar-refractivity contribution in [3.05, 3.63) is 24.0 Å². The molecular weight excluding hydrogens is 222 g/mol. The van der Waals surface area contributed by atoms with Crippen LogP contribution < -0.4 is 10.6 Å². The van der Waals surface area contributed by atoms with E-state index in [4.69, 9.17) is 5.73 Å². The van der Waals surface area contributed by atoms with E-state index in [1.807, 2.05) is 13.1 Å². The lowest BCUT2D eigenvalue weighted by Gasteiger charge is -2.37. The second-order valence-electron chi connectivity index (χ2n) is 5.36. The molecule has 2 unspecified atom stereocenters. The fraction of sp³-hybridized carbons (Fsp3) is 0.667. The number of piperidine rings is 1. The first-order valence-electron chi connectivity index (χ1n) is 7.20. The largest absolute Gasteiger partial charge is 0.367 e. The van der Waals surface area contributed by atoms with Crippen LogP contribution >= 0.6 is 0 Å². The molecule has 0 radical (unpaired) electrons. The summed E-state index contributed by atoms with van der Waals surface area (Å²) in [7, 11) is 0. The standard InChI is InChI=1S/C15H25N3/c1-3-6-13-7-4-5-10-18(13)14-8-9-15(12(2)16)17-11-14/h8-9,11-13H,3-7,10,16H2,1-2H3. The molecule has 0 aliphatic carbocycles. The molecular formula is C15H25N3. The third kappa shape index (κ3) is 3.02. The molecule has 2 heterocycles. The Bertz CT molecular complexity index is 357. The van der Waals surface area contributed by atoms with Gasteiger partial charge in [0.15, 0.2) is 0 Å². The van der Waals surface area contributed by atoms with Crippen molar-refractivity contribution in [2.75, 3.05) is 11.4 Å². The smallest absolute Gasteiger partial charge is 0.0569 e. The van der Waals surface area contributed by atoms with E-state index in [0.717, 1.165) is 5.69 Å².